The lowest BCUT2D eigenvalue weighted by Gasteiger charge is -2.40. The minimum absolute atomic E-state index is 0.0301. The van der Waals surface area contributed by atoms with E-state index in [9.17, 15) is 18.0 Å². The Balaban J connectivity index is 1.81. The Hall–Kier alpha value is -2.06. The third kappa shape index (κ3) is 3.71. The van der Waals surface area contributed by atoms with Crippen LogP contribution in [0.4, 0.5) is 24.9 Å². The molecule has 6 nitrogen and oxygen atoms in total. The summed E-state index contributed by atoms with van der Waals surface area (Å²) in [5, 5.41) is 9.13. The van der Waals surface area contributed by atoms with Gasteiger partial charge in [0.05, 0.1) is 5.92 Å². The van der Waals surface area contributed by atoms with Crippen LogP contribution in [0, 0.1) is 11.8 Å². The molecule has 1 aromatic rings. The Bertz CT molecular complexity index is 674. The second kappa shape index (κ2) is 6.92. The highest BCUT2D eigenvalue weighted by atomic mass is 19.4. The summed E-state index contributed by atoms with van der Waals surface area (Å²) in [4.78, 5) is 22.8. The van der Waals surface area contributed by atoms with E-state index in [1.165, 1.54) is 0 Å². The molecule has 2 saturated heterocycles. The standard InChI is InChI=1S/C17H23F3N4O2/c1-10-3-8-24(10)16-21-13(17(18,19)20)9-14(22-16)23-6-4-12(5-7-23)11(2)15(25)26/h9-12H,3-8H2,1-2H3,(H,25,26). The first-order valence-electron chi connectivity index (χ1n) is 8.87. The lowest BCUT2D eigenvalue weighted by Crippen LogP contribution is -2.47. The molecule has 1 N–H and O–H groups in total. The number of carbonyl (C=O) groups is 1. The van der Waals surface area contributed by atoms with Crippen molar-refractivity contribution in [2.75, 3.05) is 29.4 Å². The predicted octanol–water partition coefficient (Wildman–Crippen LogP) is 3.03. The van der Waals surface area contributed by atoms with E-state index < -0.39 is 23.8 Å². The van der Waals surface area contributed by atoms with Gasteiger partial charge in [0.25, 0.3) is 0 Å². The van der Waals surface area contributed by atoms with E-state index in [-0.39, 0.29) is 23.7 Å². The van der Waals surface area contributed by atoms with Crippen molar-refractivity contribution in [3.05, 3.63) is 11.8 Å². The quantitative estimate of drug-likeness (QED) is 0.876. The van der Waals surface area contributed by atoms with Crippen LogP contribution in [0.2, 0.25) is 0 Å². The van der Waals surface area contributed by atoms with Crippen molar-refractivity contribution in [1.82, 2.24) is 9.97 Å². The van der Waals surface area contributed by atoms with Gasteiger partial charge in [0, 0.05) is 31.7 Å². The SMILES string of the molecule is CC(C(=O)O)C1CCN(c2cc(C(F)(F)F)nc(N3CCC3C)n2)CC1. The number of hydrogen-bond donors (Lipinski definition) is 1. The van der Waals surface area contributed by atoms with Crippen LogP contribution >= 0.6 is 0 Å². The van der Waals surface area contributed by atoms with Gasteiger partial charge in [-0.15, -0.1) is 0 Å². The molecule has 0 radical (unpaired) electrons. The molecular weight excluding hydrogens is 349 g/mol. The Morgan fingerprint density at radius 3 is 2.35 bits per heavy atom. The molecule has 1 aromatic heterocycles. The maximum absolute atomic E-state index is 13.3. The summed E-state index contributed by atoms with van der Waals surface area (Å²) in [5.74, 6) is -0.871. The Labute approximate surface area is 150 Å². The molecule has 2 unspecified atom stereocenters. The molecule has 2 atom stereocenters. The Kier molecular flexibility index (Phi) is 4.98. The molecule has 0 amide bonds. The monoisotopic (exact) mass is 372 g/mol. The predicted molar refractivity (Wildman–Crippen MR) is 90.2 cm³/mol. The number of hydrogen-bond acceptors (Lipinski definition) is 5. The van der Waals surface area contributed by atoms with Gasteiger partial charge in [-0.05, 0) is 32.1 Å². The highest BCUT2D eigenvalue weighted by molar-refractivity contribution is 5.69. The number of rotatable bonds is 4. The van der Waals surface area contributed by atoms with Gasteiger partial charge in [-0.3, -0.25) is 4.79 Å². The molecule has 2 fully saturated rings. The van der Waals surface area contributed by atoms with Crippen molar-refractivity contribution in [1.29, 1.82) is 0 Å². The van der Waals surface area contributed by atoms with E-state index >= 15 is 0 Å². The molecule has 26 heavy (non-hydrogen) atoms. The molecule has 3 rings (SSSR count). The number of alkyl halides is 3. The Morgan fingerprint density at radius 1 is 1.23 bits per heavy atom. The normalized spacial score (nSPS) is 22.9. The van der Waals surface area contributed by atoms with E-state index in [1.807, 2.05) is 6.92 Å². The number of carboxylic acids is 1. The van der Waals surface area contributed by atoms with Gasteiger partial charge in [0.1, 0.15) is 5.82 Å². The zero-order valence-corrected chi connectivity index (χ0v) is 14.8. The molecular formula is C17H23F3N4O2. The van der Waals surface area contributed by atoms with Crippen LogP contribution in [0.25, 0.3) is 0 Å². The number of aliphatic carboxylic acids is 1. The first-order chi connectivity index (χ1) is 12.2. The topological polar surface area (TPSA) is 69.6 Å². The van der Waals surface area contributed by atoms with Crippen LogP contribution in [0.3, 0.4) is 0 Å². The maximum atomic E-state index is 13.3. The summed E-state index contributed by atoms with van der Waals surface area (Å²) in [7, 11) is 0. The van der Waals surface area contributed by atoms with Crippen molar-refractivity contribution < 1.29 is 23.1 Å². The third-order valence-electron chi connectivity index (χ3n) is 5.53. The second-order valence-electron chi connectivity index (χ2n) is 7.19. The zero-order valence-electron chi connectivity index (χ0n) is 14.8. The number of anilines is 2. The smallest absolute Gasteiger partial charge is 0.433 e. The fourth-order valence-electron chi connectivity index (χ4n) is 3.50. The Morgan fingerprint density at radius 2 is 1.88 bits per heavy atom. The van der Waals surface area contributed by atoms with Gasteiger partial charge < -0.3 is 14.9 Å². The van der Waals surface area contributed by atoms with Crippen LogP contribution < -0.4 is 9.80 Å². The van der Waals surface area contributed by atoms with E-state index in [2.05, 4.69) is 9.97 Å². The fraction of sp³-hybridized carbons (Fsp3) is 0.706. The van der Waals surface area contributed by atoms with Crippen LogP contribution in [0.1, 0.15) is 38.8 Å². The van der Waals surface area contributed by atoms with Crippen molar-refractivity contribution >= 4 is 17.7 Å². The van der Waals surface area contributed by atoms with Crippen molar-refractivity contribution in [2.24, 2.45) is 11.8 Å². The van der Waals surface area contributed by atoms with Gasteiger partial charge in [-0.25, -0.2) is 4.98 Å². The molecule has 0 aliphatic carbocycles. The molecule has 0 bridgehead atoms. The van der Waals surface area contributed by atoms with Crippen molar-refractivity contribution in [2.45, 2.75) is 45.3 Å². The average Bonchev–Trinajstić information content (AvgIpc) is 2.58. The largest absolute Gasteiger partial charge is 0.481 e. The first-order valence-corrected chi connectivity index (χ1v) is 8.87. The van der Waals surface area contributed by atoms with E-state index in [0.717, 1.165) is 12.5 Å². The van der Waals surface area contributed by atoms with Crippen LogP contribution in [-0.4, -0.2) is 46.7 Å². The number of piperidine rings is 1. The summed E-state index contributed by atoms with van der Waals surface area (Å²) in [6, 6.07) is 1.13. The molecule has 144 valence electrons. The molecule has 3 heterocycles. The molecule has 2 aliphatic rings. The van der Waals surface area contributed by atoms with E-state index in [1.54, 1.807) is 16.7 Å². The first kappa shape index (κ1) is 18.7. The lowest BCUT2D eigenvalue weighted by atomic mass is 9.85. The van der Waals surface area contributed by atoms with Gasteiger partial charge in [0.15, 0.2) is 5.69 Å². The number of carboxylic acid groups (broad SMARTS) is 1. The zero-order chi connectivity index (χ0) is 19.1. The molecule has 0 aromatic carbocycles. The number of nitrogens with zero attached hydrogens (tertiary/aromatic N) is 4. The summed E-state index contributed by atoms with van der Waals surface area (Å²) >= 11 is 0. The van der Waals surface area contributed by atoms with Crippen LogP contribution in [0.15, 0.2) is 6.07 Å². The van der Waals surface area contributed by atoms with Gasteiger partial charge >= 0.3 is 12.1 Å². The fourth-order valence-corrected chi connectivity index (χ4v) is 3.50. The minimum Gasteiger partial charge on any atom is -0.481 e. The van der Waals surface area contributed by atoms with Gasteiger partial charge in [-0.1, -0.05) is 6.92 Å². The number of aromatic nitrogens is 2. The number of halogens is 3. The second-order valence-corrected chi connectivity index (χ2v) is 7.19. The molecule has 2 aliphatic heterocycles. The summed E-state index contributed by atoms with van der Waals surface area (Å²) < 4.78 is 39.8. The van der Waals surface area contributed by atoms with Crippen molar-refractivity contribution in [3.63, 3.8) is 0 Å². The third-order valence-corrected chi connectivity index (χ3v) is 5.53. The molecule has 0 saturated carbocycles. The highest BCUT2D eigenvalue weighted by Gasteiger charge is 2.37. The maximum Gasteiger partial charge on any atom is 0.433 e. The minimum atomic E-state index is -4.53. The van der Waals surface area contributed by atoms with Gasteiger partial charge in [-0.2, -0.15) is 18.2 Å². The summed E-state index contributed by atoms with van der Waals surface area (Å²) in [6.45, 7) is 5.25. The van der Waals surface area contributed by atoms with E-state index in [0.29, 0.717) is 32.5 Å². The van der Waals surface area contributed by atoms with Gasteiger partial charge in [0.2, 0.25) is 5.95 Å². The van der Waals surface area contributed by atoms with E-state index in [4.69, 9.17) is 5.11 Å². The molecule has 0 spiro atoms. The highest BCUT2D eigenvalue weighted by Crippen LogP contribution is 2.34. The summed E-state index contributed by atoms with van der Waals surface area (Å²) in [6.07, 6.45) is -2.38. The lowest BCUT2D eigenvalue weighted by molar-refractivity contribution is -0.143. The van der Waals surface area contributed by atoms with Crippen molar-refractivity contribution in [3.8, 4) is 0 Å². The summed E-state index contributed by atoms with van der Waals surface area (Å²) in [5.41, 5.74) is -0.933. The van der Waals surface area contributed by atoms with Crippen LogP contribution in [-0.2, 0) is 11.0 Å². The average molecular weight is 372 g/mol. The van der Waals surface area contributed by atoms with Crippen LogP contribution in [0.5, 0.6) is 0 Å². The molecule has 9 heteroatoms.